The lowest BCUT2D eigenvalue weighted by Crippen LogP contribution is -2.15. The van der Waals surface area contributed by atoms with Crippen molar-refractivity contribution in [3.05, 3.63) is 12.2 Å². The fraction of sp³-hybridized carbons (Fsp3) is 0.583. The van der Waals surface area contributed by atoms with Crippen LogP contribution in [0.5, 0.6) is 0 Å². The molecule has 0 radical (unpaired) electrons. The Morgan fingerprint density at radius 2 is 1.72 bits per heavy atom. The maximum absolute atomic E-state index is 11.3. The highest BCUT2D eigenvalue weighted by molar-refractivity contribution is 5.92. The molecule has 1 aliphatic carbocycles. The minimum atomic E-state index is -0.788. The van der Waals surface area contributed by atoms with Crippen molar-refractivity contribution in [1.29, 1.82) is 0 Å². The fourth-order valence-electron chi connectivity index (χ4n) is 1.58. The first-order valence-electron chi connectivity index (χ1n) is 5.74. The molecule has 1 fully saturated rings. The summed E-state index contributed by atoms with van der Waals surface area (Å²) in [7, 11) is 1.19. The van der Waals surface area contributed by atoms with Crippen LogP contribution in [0.15, 0.2) is 12.2 Å². The van der Waals surface area contributed by atoms with E-state index in [1.807, 2.05) is 0 Å². The molecule has 1 aliphatic rings. The van der Waals surface area contributed by atoms with Crippen LogP contribution in [0.2, 0.25) is 0 Å². The normalized spacial score (nSPS) is 15.6. The van der Waals surface area contributed by atoms with Crippen LogP contribution in [-0.2, 0) is 28.6 Å². The summed E-state index contributed by atoms with van der Waals surface area (Å²) >= 11 is 0. The minimum Gasteiger partial charge on any atom is -0.466 e. The van der Waals surface area contributed by atoms with Gasteiger partial charge in [0.05, 0.1) is 7.11 Å². The third kappa shape index (κ3) is 5.47. The number of ether oxygens (including phenoxy) is 3. The molecule has 0 aromatic rings. The summed E-state index contributed by atoms with van der Waals surface area (Å²) in [6.07, 6.45) is 5.73. The molecule has 0 saturated heterocycles. The Morgan fingerprint density at radius 3 is 2.33 bits per heavy atom. The van der Waals surface area contributed by atoms with Gasteiger partial charge in [-0.2, -0.15) is 0 Å². The van der Waals surface area contributed by atoms with Crippen molar-refractivity contribution < 1.29 is 28.6 Å². The van der Waals surface area contributed by atoms with Crippen molar-refractivity contribution in [3.8, 4) is 0 Å². The van der Waals surface area contributed by atoms with Crippen LogP contribution in [0.3, 0.4) is 0 Å². The van der Waals surface area contributed by atoms with Gasteiger partial charge in [-0.15, -0.1) is 0 Å². The van der Waals surface area contributed by atoms with Crippen LogP contribution in [0.4, 0.5) is 0 Å². The second kappa shape index (κ2) is 7.47. The van der Waals surface area contributed by atoms with Gasteiger partial charge in [0.25, 0.3) is 0 Å². The molecule has 0 aromatic heterocycles. The molecule has 0 unspecified atom stereocenters. The van der Waals surface area contributed by atoms with Crippen LogP contribution in [0, 0.1) is 0 Å². The predicted molar refractivity (Wildman–Crippen MR) is 60.5 cm³/mol. The summed E-state index contributed by atoms with van der Waals surface area (Å²) in [6.45, 7) is -0.475. The summed E-state index contributed by atoms with van der Waals surface area (Å²) in [4.78, 5) is 33.0. The number of rotatable bonds is 5. The maximum atomic E-state index is 11.3. The number of methoxy groups -OCH3 is 1. The first-order chi connectivity index (χ1) is 8.61. The van der Waals surface area contributed by atoms with E-state index in [1.165, 1.54) is 7.11 Å². The Morgan fingerprint density at radius 1 is 1.11 bits per heavy atom. The molecule has 0 aromatic carbocycles. The molecular weight excluding hydrogens is 240 g/mol. The second-order valence-electron chi connectivity index (χ2n) is 3.86. The molecule has 1 rings (SSSR count). The highest BCUT2D eigenvalue weighted by Crippen LogP contribution is 2.20. The van der Waals surface area contributed by atoms with Gasteiger partial charge >= 0.3 is 17.9 Å². The zero-order valence-electron chi connectivity index (χ0n) is 10.2. The highest BCUT2D eigenvalue weighted by atomic mass is 16.6. The first-order valence-corrected chi connectivity index (χ1v) is 5.74. The van der Waals surface area contributed by atoms with Crippen LogP contribution in [0.1, 0.15) is 25.7 Å². The molecule has 0 amide bonds. The van der Waals surface area contributed by atoms with Crippen LogP contribution in [0.25, 0.3) is 0 Å². The smallest absolute Gasteiger partial charge is 0.344 e. The molecule has 1 saturated carbocycles. The van der Waals surface area contributed by atoms with Crippen molar-refractivity contribution in [2.24, 2.45) is 0 Å². The highest BCUT2D eigenvalue weighted by Gasteiger charge is 2.18. The Labute approximate surface area is 105 Å². The topological polar surface area (TPSA) is 78.9 Å². The van der Waals surface area contributed by atoms with E-state index in [0.29, 0.717) is 0 Å². The lowest BCUT2D eigenvalue weighted by molar-refractivity contribution is -0.154. The van der Waals surface area contributed by atoms with Gasteiger partial charge in [-0.1, -0.05) is 0 Å². The summed E-state index contributed by atoms with van der Waals surface area (Å²) < 4.78 is 13.9. The van der Waals surface area contributed by atoms with E-state index in [0.717, 1.165) is 37.8 Å². The lowest BCUT2D eigenvalue weighted by atomic mass is 10.3. The second-order valence-corrected chi connectivity index (χ2v) is 3.86. The molecule has 0 bridgehead atoms. The molecular formula is C12H16O6. The van der Waals surface area contributed by atoms with E-state index in [2.05, 4.69) is 9.47 Å². The monoisotopic (exact) mass is 256 g/mol. The molecule has 0 atom stereocenters. The van der Waals surface area contributed by atoms with Gasteiger partial charge < -0.3 is 14.2 Å². The first kappa shape index (κ1) is 14.2. The maximum Gasteiger partial charge on any atom is 0.344 e. The predicted octanol–water partition coefficient (Wildman–Crippen LogP) is 0.745. The number of hydrogen-bond acceptors (Lipinski definition) is 6. The molecule has 18 heavy (non-hydrogen) atoms. The van der Waals surface area contributed by atoms with Crippen LogP contribution in [-0.4, -0.2) is 37.7 Å². The van der Waals surface area contributed by atoms with Gasteiger partial charge in [0, 0.05) is 12.2 Å². The van der Waals surface area contributed by atoms with Crippen molar-refractivity contribution in [2.75, 3.05) is 13.7 Å². The third-order valence-electron chi connectivity index (χ3n) is 2.50. The Hall–Kier alpha value is -1.85. The number of esters is 3. The summed E-state index contributed by atoms with van der Waals surface area (Å²) in [5.74, 6) is -2.02. The van der Waals surface area contributed by atoms with E-state index in [4.69, 9.17) is 4.74 Å². The SMILES string of the molecule is COC(=O)COC(=O)/C=C/C(=O)OC1CCCC1. The van der Waals surface area contributed by atoms with Gasteiger partial charge in [-0.3, -0.25) is 0 Å². The van der Waals surface area contributed by atoms with Gasteiger partial charge in [0.1, 0.15) is 6.10 Å². The zero-order valence-corrected chi connectivity index (χ0v) is 10.2. The summed E-state index contributed by atoms with van der Waals surface area (Å²) in [6, 6.07) is 0. The van der Waals surface area contributed by atoms with Gasteiger partial charge in [-0.25, -0.2) is 14.4 Å². The largest absolute Gasteiger partial charge is 0.466 e. The van der Waals surface area contributed by atoms with Crippen LogP contribution < -0.4 is 0 Å². The third-order valence-corrected chi connectivity index (χ3v) is 2.50. The van der Waals surface area contributed by atoms with Gasteiger partial charge in [0.15, 0.2) is 6.61 Å². The van der Waals surface area contributed by atoms with Crippen molar-refractivity contribution >= 4 is 17.9 Å². The van der Waals surface area contributed by atoms with Crippen molar-refractivity contribution in [2.45, 2.75) is 31.8 Å². The Balaban J connectivity index is 2.23. The van der Waals surface area contributed by atoms with Crippen molar-refractivity contribution in [3.63, 3.8) is 0 Å². The zero-order chi connectivity index (χ0) is 13.4. The molecule has 0 heterocycles. The van der Waals surface area contributed by atoms with E-state index in [-0.39, 0.29) is 6.10 Å². The summed E-state index contributed by atoms with van der Waals surface area (Å²) in [5, 5.41) is 0. The lowest BCUT2D eigenvalue weighted by Gasteiger charge is -2.08. The number of carbonyl (C=O) groups is 3. The van der Waals surface area contributed by atoms with E-state index < -0.39 is 24.5 Å². The quantitative estimate of drug-likeness (QED) is 0.410. The van der Waals surface area contributed by atoms with E-state index in [1.54, 1.807) is 0 Å². The van der Waals surface area contributed by atoms with Gasteiger partial charge in [-0.05, 0) is 25.7 Å². The molecule has 0 N–H and O–H groups in total. The molecule has 6 heteroatoms. The molecule has 0 aliphatic heterocycles. The fourth-order valence-corrected chi connectivity index (χ4v) is 1.58. The standard InChI is InChI=1S/C12H16O6/c1-16-12(15)8-17-10(13)6-7-11(14)18-9-4-2-3-5-9/h6-7,9H,2-5,8H2,1H3/b7-6+. The Bertz CT molecular complexity index is 340. The number of hydrogen-bond donors (Lipinski definition) is 0. The summed E-state index contributed by atoms with van der Waals surface area (Å²) in [5.41, 5.74) is 0. The average molecular weight is 256 g/mol. The average Bonchev–Trinajstić information content (AvgIpc) is 2.86. The molecule has 6 nitrogen and oxygen atoms in total. The molecule has 0 spiro atoms. The Kier molecular flexibility index (Phi) is 5.90. The molecule has 100 valence electrons. The number of carbonyl (C=O) groups excluding carboxylic acids is 3. The van der Waals surface area contributed by atoms with E-state index in [9.17, 15) is 14.4 Å². The van der Waals surface area contributed by atoms with Crippen LogP contribution >= 0.6 is 0 Å². The van der Waals surface area contributed by atoms with E-state index >= 15 is 0 Å². The van der Waals surface area contributed by atoms with Gasteiger partial charge in [0.2, 0.25) is 0 Å². The van der Waals surface area contributed by atoms with Crippen molar-refractivity contribution in [1.82, 2.24) is 0 Å². The minimum absolute atomic E-state index is 0.0479.